The molecule has 21 heavy (non-hydrogen) atoms. The van der Waals surface area contributed by atoms with E-state index in [9.17, 15) is 4.79 Å². The SMILES string of the molecule is C[C@H]1C[C@H]1c1ccc(/C=N\NC(=O)c2ccc(Cl)cc2)o1. The summed E-state index contributed by atoms with van der Waals surface area (Å²) in [6.07, 6.45) is 2.68. The third kappa shape index (κ3) is 3.34. The summed E-state index contributed by atoms with van der Waals surface area (Å²) in [5.74, 6) is 2.58. The van der Waals surface area contributed by atoms with Gasteiger partial charge in [0.2, 0.25) is 0 Å². The van der Waals surface area contributed by atoms with Gasteiger partial charge in [0.25, 0.3) is 5.91 Å². The number of halogens is 1. The highest BCUT2D eigenvalue weighted by Gasteiger charge is 2.36. The minimum absolute atomic E-state index is 0.287. The molecule has 0 bridgehead atoms. The zero-order valence-electron chi connectivity index (χ0n) is 11.5. The fourth-order valence-corrected chi connectivity index (χ4v) is 2.30. The second-order valence-electron chi connectivity index (χ2n) is 5.27. The van der Waals surface area contributed by atoms with Gasteiger partial charge in [-0.15, -0.1) is 0 Å². The molecule has 1 saturated carbocycles. The van der Waals surface area contributed by atoms with Gasteiger partial charge in [-0.25, -0.2) is 5.43 Å². The van der Waals surface area contributed by atoms with Crippen molar-refractivity contribution in [2.45, 2.75) is 19.3 Å². The molecule has 1 N–H and O–H groups in total. The highest BCUT2D eigenvalue weighted by atomic mass is 35.5. The molecule has 3 rings (SSSR count). The largest absolute Gasteiger partial charge is 0.460 e. The molecule has 0 unspecified atom stereocenters. The van der Waals surface area contributed by atoms with Crippen molar-refractivity contribution < 1.29 is 9.21 Å². The van der Waals surface area contributed by atoms with Gasteiger partial charge in [0.05, 0.1) is 6.21 Å². The van der Waals surface area contributed by atoms with Crippen molar-refractivity contribution in [2.75, 3.05) is 0 Å². The molecule has 108 valence electrons. The summed E-state index contributed by atoms with van der Waals surface area (Å²) in [7, 11) is 0. The lowest BCUT2D eigenvalue weighted by molar-refractivity contribution is 0.0955. The Balaban J connectivity index is 1.57. The van der Waals surface area contributed by atoms with E-state index in [1.165, 1.54) is 12.6 Å². The van der Waals surface area contributed by atoms with Crippen LogP contribution in [0.4, 0.5) is 0 Å². The van der Waals surface area contributed by atoms with Gasteiger partial charge in [0.1, 0.15) is 11.5 Å². The maximum Gasteiger partial charge on any atom is 0.271 e. The molecule has 0 aliphatic heterocycles. The standard InChI is InChI=1S/C16H15ClN2O2/c1-10-8-14(10)15-7-6-13(21-15)9-18-19-16(20)11-2-4-12(17)5-3-11/h2-7,9-10,14H,8H2,1H3,(H,19,20)/b18-9-/t10-,14+/m0/s1. The van der Waals surface area contributed by atoms with Gasteiger partial charge >= 0.3 is 0 Å². The van der Waals surface area contributed by atoms with Crippen LogP contribution >= 0.6 is 11.6 Å². The Hall–Kier alpha value is -2.07. The molecule has 0 spiro atoms. The fourth-order valence-electron chi connectivity index (χ4n) is 2.18. The van der Waals surface area contributed by atoms with Crippen LogP contribution in [0.15, 0.2) is 45.9 Å². The molecule has 0 radical (unpaired) electrons. The highest BCUT2D eigenvalue weighted by Crippen LogP contribution is 2.47. The minimum Gasteiger partial charge on any atom is -0.460 e. The number of nitrogens with zero attached hydrogens (tertiary/aromatic N) is 1. The number of amides is 1. The van der Waals surface area contributed by atoms with E-state index >= 15 is 0 Å². The van der Waals surface area contributed by atoms with Crippen molar-refractivity contribution >= 4 is 23.7 Å². The lowest BCUT2D eigenvalue weighted by Crippen LogP contribution is -2.17. The van der Waals surface area contributed by atoms with Gasteiger partial charge in [-0.3, -0.25) is 4.79 Å². The van der Waals surface area contributed by atoms with Crippen molar-refractivity contribution in [2.24, 2.45) is 11.0 Å². The number of rotatable bonds is 4. The highest BCUT2D eigenvalue weighted by molar-refractivity contribution is 6.30. The van der Waals surface area contributed by atoms with Gasteiger partial charge < -0.3 is 4.42 Å². The Morgan fingerprint density at radius 2 is 2.05 bits per heavy atom. The molecule has 4 nitrogen and oxygen atoms in total. The molecule has 1 aromatic carbocycles. The molecule has 1 aliphatic carbocycles. The summed E-state index contributed by atoms with van der Waals surface area (Å²) in [6.45, 7) is 2.20. The molecule has 2 aromatic rings. The zero-order valence-corrected chi connectivity index (χ0v) is 12.3. The van der Waals surface area contributed by atoms with Crippen molar-refractivity contribution in [3.8, 4) is 0 Å². The van der Waals surface area contributed by atoms with E-state index in [1.54, 1.807) is 24.3 Å². The fraction of sp³-hybridized carbons (Fsp3) is 0.250. The molecule has 1 fully saturated rings. The Kier molecular flexibility index (Phi) is 3.80. The predicted molar refractivity (Wildman–Crippen MR) is 81.7 cm³/mol. The van der Waals surface area contributed by atoms with Crippen LogP contribution < -0.4 is 5.43 Å². The van der Waals surface area contributed by atoms with E-state index in [0.717, 1.165) is 5.76 Å². The van der Waals surface area contributed by atoms with Crippen LogP contribution in [0.25, 0.3) is 0 Å². The molecule has 2 atom stereocenters. The summed E-state index contributed by atoms with van der Waals surface area (Å²) < 4.78 is 5.66. The van der Waals surface area contributed by atoms with E-state index in [4.69, 9.17) is 16.0 Å². The van der Waals surface area contributed by atoms with Crippen LogP contribution in [0, 0.1) is 5.92 Å². The molecule has 1 heterocycles. The van der Waals surface area contributed by atoms with Crippen molar-refractivity contribution in [1.82, 2.24) is 5.43 Å². The summed E-state index contributed by atoms with van der Waals surface area (Å²) in [5.41, 5.74) is 2.96. The molecule has 0 saturated heterocycles. The average Bonchev–Trinajstić information content (AvgIpc) is 3.01. The molecule has 1 aliphatic rings. The smallest absolute Gasteiger partial charge is 0.271 e. The maximum absolute atomic E-state index is 11.8. The Bertz CT molecular complexity index is 676. The number of benzene rings is 1. The summed E-state index contributed by atoms with van der Waals surface area (Å²) in [6, 6.07) is 10.4. The zero-order chi connectivity index (χ0) is 14.8. The number of hydrogen-bond donors (Lipinski definition) is 1. The van der Waals surface area contributed by atoms with Gasteiger partial charge in [0, 0.05) is 16.5 Å². The van der Waals surface area contributed by atoms with Crippen LogP contribution in [0.1, 0.15) is 41.1 Å². The maximum atomic E-state index is 11.8. The number of hydrazone groups is 1. The predicted octanol–water partition coefficient (Wildman–Crippen LogP) is 3.82. The first-order chi connectivity index (χ1) is 10.1. The number of nitrogens with one attached hydrogen (secondary N) is 1. The van der Waals surface area contributed by atoms with Crippen molar-refractivity contribution in [1.29, 1.82) is 0 Å². The van der Waals surface area contributed by atoms with Crippen molar-refractivity contribution in [3.63, 3.8) is 0 Å². The molecule has 1 aromatic heterocycles. The van der Waals surface area contributed by atoms with Crippen LogP contribution in [-0.4, -0.2) is 12.1 Å². The Morgan fingerprint density at radius 3 is 2.71 bits per heavy atom. The van der Waals surface area contributed by atoms with Gasteiger partial charge in [-0.1, -0.05) is 18.5 Å². The number of carbonyl (C=O) groups excluding carboxylic acids is 1. The van der Waals surface area contributed by atoms with E-state index < -0.39 is 0 Å². The van der Waals surface area contributed by atoms with Crippen LogP contribution in [-0.2, 0) is 0 Å². The average molecular weight is 303 g/mol. The Morgan fingerprint density at radius 1 is 1.33 bits per heavy atom. The van der Waals surface area contributed by atoms with Gasteiger partial charge in [-0.2, -0.15) is 5.10 Å². The summed E-state index contributed by atoms with van der Waals surface area (Å²) in [4.78, 5) is 11.8. The third-order valence-corrected chi connectivity index (χ3v) is 3.84. The molecular formula is C16H15ClN2O2. The Labute approximate surface area is 127 Å². The normalized spacial score (nSPS) is 20.7. The third-order valence-electron chi connectivity index (χ3n) is 3.59. The van der Waals surface area contributed by atoms with E-state index in [1.807, 2.05) is 12.1 Å². The van der Waals surface area contributed by atoms with E-state index in [0.29, 0.717) is 28.2 Å². The number of carbonyl (C=O) groups is 1. The van der Waals surface area contributed by atoms with Gasteiger partial charge in [0.15, 0.2) is 0 Å². The first-order valence-corrected chi connectivity index (χ1v) is 7.20. The number of hydrogen-bond acceptors (Lipinski definition) is 3. The quantitative estimate of drug-likeness (QED) is 0.689. The monoisotopic (exact) mass is 302 g/mol. The van der Waals surface area contributed by atoms with Crippen LogP contribution in [0.3, 0.4) is 0 Å². The molecule has 5 heteroatoms. The van der Waals surface area contributed by atoms with Crippen molar-refractivity contribution in [3.05, 3.63) is 58.5 Å². The van der Waals surface area contributed by atoms with Crippen LogP contribution in [0.2, 0.25) is 5.02 Å². The summed E-state index contributed by atoms with van der Waals surface area (Å²) >= 11 is 5.77. The molecular weight excluding hydrogens is 288 g/mol. The minimum atomic E-state index is -0.287. The van der Waals surface area contributed by atoms with Crippen LogP contribution in [0.5, 0.6) is 0 Å². The second kappa shape index (κ2) is 5.74. The van der Waals surface area contributed by atoms with E-state index in [-0.39, 0.29) is 5.91 Å². The van der Waals surface area contributed by atoms with E-state index in [2.05, 4.69) is 17.5 Å². The van der Waals surface area contributed by atoms with Gasteiger partial charge in [-0.05, 0) is 48.7 Å². The topological polar surface area (TPSA) is 54.6 Å². The number of furan rings is 1. The first-order valence-electron chi connectivity index (χ1n) is 6.82. The first kappa shape index (κ1) is 13.9. The second-order valence-corrected chi connectivity index (χ2v) is 5.70. The lowest BCUT2D eigenvalue weighted by Gasteiger charge is -1.99. The lowest BCUT2D eigenvalue weighted by atomic mass is 10.2. The summed E-state index contributed by atoms with van der Waals surface area (Å²) in [5, 5.41) is 4.49. The molecule has 1 amide bonds.